The molecular weight excluding hydrogens is 391 g/mol. The number of rotatable bonds is 7. The van der Waals surface area contributed by atoms with Gasteiger partial charge in [-0.2, -0.15) is 5.10 Å². The van der Waals surface area contributed by atoms with E-state index >= 15 is 0 Å². The minimum atomic E-state index is -0.554. The number of alkyl halides is 1. The summed E-state index contributed by atoms with van der Waals surface area (Å²) in [5, 5.41) is 4.15. The number of hydrogen-bond donors (Lipinski definition) is 0. The molecule has 1 aliphatic rings. The maximum atomic E-state index is 12.7. The predicted octanol–water partition coefficient (Wildman–Crippen LogP) is 2.26. The van der Waals surface area contributed by atoms with E-state index in [2.05, 4.69) is 10.1 Å². The predicted molar refractivity (Wildman–Crippen MR) is 106 cm³/mol. The molecule has 3 aromatic rings. The monoisotopic (exact) mass is 410 g/mol. The van der Waals surface area contributed by atoms with Gasteiger partial charge in [-0.15, -0.1) is 0 Å². The molecule has 1 aromatic carbocycles. The molecule has 0 atom stereocenters. The summed E-state index contributed by atoms with van der Waals surface area (Å²) in [5.74, 6) is 1.35. The zero-order chi connectivity index (χ0) is 21.1. The number of halogens is 1. The molecule has 1 aliphatic heterocycles. The van der Waals surface area contributed by atoms with Crippen LogP contribution in [0.2, 0.25) is 0 Å². The highest BCUT2D eigenvalue weighted by Crippen LogP contribution is 2.29. The second-order valence-electron chi connectivity index (χ2n) is 6.67. The molecule has 0 unspecified atom stereocenters. The van der Waals surface area contributed by atoms with Gasteiger partial charge >= 0.3 is 0 Å². The topological polar surface area (TPSA) is 86.6 Å². The molecule has 0 saturated heterocycles. The Labute approximate surface area is 171 Å². The van der Waals surface area contributed by atoms with E-state index in [4.69, 9.17) is 9.47 Å². The van der Waals surface area contributed by atoms with Crippen molar-refractivity contribution >= 4 is 11.7 Å². The van der Waals surface area contributed by atoms with Crippen LogP contribution in [0.15, 0.2) is 53.5 Å². The second-order valence-corrected chi connectivity index (χ2v) is 6.67. The van der Waals surface area contributed by atoms with Gasteiger partial charge in [-0.3, -0.25) is 19.5 Å². The fraction of sp³-hybridized carbons (Fsp3) is 0.238. The number of pyridine rings is 1. The fourth-order valence-corrected chi connectivity index (χ4v) is 3.10. The van der Waals surface area contributed by atoms with Crippen molar-refractivity contribution in [3.05, 3.63) is 75.8 Å². The van der Waals surface area contributed by atoms with Crippen molar-refractivity contribution in [1.29, 1.82) is 0 Å². The van der Waals surface area contributed by atoms with Crippen LogP contribution in [0, 0.1) is 0 Å². The lowest BCUT2D eigenvalue weighted by Crippen LogP contribution is -2.28. The molecule has 0 aliphatic carbocycles. The molecule has 0 bridgehead atoms. The average Bonchev–Trinajstić information content (AvgIpc) is 3.09. The number of carbonyl (C=O) groups excluding carboxylic acids is 1. The maximum absolute atomic E-state index is 12.7. The van der Waals surface area contributed by atoms with Crippen molar-refractivity contribution in [3.8, 4) is 11.5 Å². The average molecular weight is 410 g/mol. The minimum Gasteiger partial charge on any atom is -0.489 e. The van der Waals surface area contributed by atoms with Crippen molar-refractivity contribution < 1.29 is 18.7 Å². The van der Waals surface area contributed by atoms with E-state index in [9.17, 15) is 14.0 Å². The van der Waals surface area contributed by atoms with E-state index in [1.165, 1.54) is 27.9 Å². The summed E-state index contributed by atoms with van der Waals surface area (Å²) in [6.07, 6.45) is 1.52. The summed E-state index contributed by atoms with van der Waals surface area (Å²) in [7, 11) is 1.54. The van der Waals surface area contributed by atoms with E-state index in [-0.39, 0.29) is 24.7 Å². The van der Waals surface area contributed by atoms with Crippen LogP contribution in [0.1, 0.15) is 21.6 Å². The molecule has 4 rings (SSSR count). The zero-order valence-electron chi connectivity index (χ0n) is 16.2. The van der Waals surface area contributed by atoms with Gasteiger partial charge in [-0.25, -0.2) is 9.07 Å². The van der Waals surface area contributed by atoms with Gasteiger partial charge in [0, 0.05) is 18.7 Å². The highest BCUT2D eigenvalue weighted by molar-refractivity contribution is 6.09. The van der Waals surface area contributed by atoms with Crippen LogP contribution < -0.4 is 19.9 Å². The molecule has 3 heterocycles. The standard InChI is InChI=1S/C21H19FN4O4/c1-25-20(27)7-6-19(24-25)26-12-14-10-16(4-5-18(14)21(26)28)30-13-15-2-3-17(11-23-15)29-9-8-22/h2-7,10-11H,8-9,12-13H2,1H3. The Bertz CT molecular complexity index is 1130. The first-order valence-corrected chi connectivity index (χ1v) is 9.31. The van der Waals surface area contributed by atoms with Crippen LogP contribution >= 0.6 is 0 Å². The summed E-state index contributed by atoms with van der Waals surface area (Å²) in [4.78, 5) is 30.0. The van der Waals surface area contributed by atoms with Gasteiger partial charge in [-0.05, 0) is 42.0 Å². The number of aryl methyl sites for hydroxylation is 1. The molecule has 2 aromatic heterocycles. The van der Waals surface area contributed by atoms with Crippen molar-refractivity contribution in [2.24, 2.45) is 7.05 Å². The molecular formula is C21H19FN4O4. The molecule has 1 amide bonds. The Morgan fingerprint density at radius 3 is 2.63 bits per heavy atom. The Hall–Kier alpha value is -3.75. The first kappa shape index (κ1) is 19.6. The van der Waals surface area contributed by atoms with E-state index in [1.54, 1.807) is 31.3 Å². The zero-order valence-corrected chi connectivity index (χ0v) is 16.2. The summed E-state index contributed by atoms with van der Waals surface area (Å²) < 4.78 is 24.3. The third kappa shape index (κ3) is 4.00. The van der Waals surface area contributed by atoms with Gasteiger partial charge in [0.05, 0.1) is 18.4 Å². The van der Waals surface area contributed by atoms with Crippen molar-refractivity contribution in [2.45, 2.75) is 13.2 Å². The van der Waals surface area contributed by atoms with Crippen LogP contribution in [-0.4, -0.2) is 34.0 Å². The molecule has 0 N–H and O–H groups in total. The quantitative estimate of drug-likeness (QED) is 0.594. The van der Waals surface area contributed by atoms with Crippen molar-refractivity contribution in [3.63, 3.8) is 0 Å². The van der Waals surface area contributed by atoms with E-state index in [1.807, 2.05) is 6.07 Å². The fourth-order valence-electron chi connectivity index (χ4n) is 3.10. The molecule has 0 radical (unpaired) electrons. The highest BCUT2D eigenvalue weighted by atomic mass is 19.1. The maximum Gasteiger partial charge on any atom is 0.266 e. The van der Waals surface area contributed by atoms with E-state index < -0.39 is 6.67 Å². The molecule has 9 heteroatoms. The third-order valence-electron chi connectivity index (χ3n) is 4.63. The lowest BCUT2D eigenvalue weighted by atomic mass is 10.1. The first-order chi connectivity index (χ1) is 14.5. The van der Waals surface area contributed by atoms with Crippen LogP contribution in [0.3, 0.4) is 0 Å². The van der Waals surface area contributed by atoms with Crippen molar-refractivity contribution in [2.75, 3.05) is 18.2 Å². The number of fused-ring (bicyclic) bond motifs is 1. The van der Waals surface area contributed by atoms with E-state index in [0.717, 1.165) is 5.56 Å². The Kier molecular flexibility index (Phi) is 5.42. The highest BCUT2D eigenvalue weighted by Gasteiger charge is 2.30. The summed E-state index contributed by atoms with van der Waals surface area (Å²) in [5.41, 5.74) is 1.84. The Balaban J connectivity index is 1.43. The van der Waals surface area contributed by atoms with Crippen LogP contribution in [0.4, 0.5) is 10.2 Å². The number of carbonyl (C=O) groups is 1. The number of ether oxygens (including phenoxy) is 2. The second kappa shape index (κ2) is 8.32. The number of benzene rings is 1. The smallest absolute Gasteiger partial charge is 0.266 e. The number of hydrogen-bond acceptors (Lipinski definition) is 6. The van der Waals surface area contributed by atoms with Gasteiger partial charge in [-0.1, -0.05) is 0 Å². The normalized spacial score (nSPS) is 12.7. The molecule has 8 nitrogen and oxygen atoms in total. The van der Waals surface area contributed by atoms with Gasteiger partial charge < -0.3 is 9.47 Å². The number of nitrogens with zero attached hydrogens (tertiary/aromatic N) is 4. The van der Waals surface area contributed by atoms with Crippen molar-refractivity contribution in [1.82, 2.24) is 14.8 Å². The van der Waals surface area contributed by atoms with Gasteiger partial charge in [0.25, 0.3) is 11.5 Å². The first-order valence-electron chi connectivity index (χ1n) is 9.31. The number of aromatic nitrogens is 3. The van der Waals surface area contributed by atoms with Gasteiger partial charge in [0.2, 0.25) is 0 Å². The van der Waals surface area contributed by atoms with Crippen LogP contribution in [-0.2, 0) is 20.2 Å². The van der Waals surface area contributed by atoms with E-state index in [0.29, 0.717) is 35.1 Å². The van der Waals surface area contributed by atoms with Crippen LogP contribution in [0.25, 0.3) is 0 Å². The summed E-state index contributed by atoms with van der Waals surface area (Å²) in [6, 6.07) is 11.6. The Morgan fingerprint density at radius 2 is 1.90 bits per heavy atom. The molecule has 0 saturated carbocycles. The molecule has 154 valence electrons. The van der Waals surface area contributed by atoms with Gasteiger partial charge in [0.15, 0.2) is 5.82 Å². The third-order valence-corrected chi connectivity index (χ3v) is 4.63. The number of anilines is 1. The molecule has 30 heavy (non-hydrogen) atoms. The lowest BCUT2D eigenvalue weighted by Gasteiger charge is -2.14. The van der Waals surface area contributed by atoms with Gasteiger partial charge in [0.1, 0.15) is 31.4 Å². The summed E-state index contributed by atoms with van der Waals surface area (Å²) >= 11 is 0. The lowest BCUT2D eigenvalue weighted by molar-refractivity contribution is 0.0995. The SMILES string of the molecule is Cn1nc(N2Cc3cc(OCc4ccc(OCCF)cn4)ccc3C2=O)ccc1=O. The molecule has 0 spiro atoms. The minimum absolute atomic E-state index is 0.00278. The Morgan fingerprint density at radius 1 is 1.07 bits per heavy atom. The number of amides is 1. The summed E-state index contributed by atoms with van der Waals surface area (Å²) in [6.45, 7) is 0.0242. The largest absolute Gasteiger partial charge is 0.489 e. The van der Waals surface area contributed by atoms with Crippen LogP contribution in [0.5, 0.6) is 11.5 Å². The molecule has 0 fully saturated rings.